The quantitative estimate of drug-likeness (QED) is 0.869. The molecule has 0 radical (unpaired) electrons. The molecular weight excluding hydrogens is 314 g/mol. The van der Waals surface area contributed by atoms with E-state index in [0.717, 1.165) is 39.1 Å². The van der Waals surface area contributed by atoms with E-state index in [4.69, 9.17) is 4.74 Å². The Kier molecular flexibility index (Phi) is 4.80. The van der Waals surface area contributed by atoms with Crippen LogP contribution in [0.25, 0.3) is 0 Å². The van der Waals surface area contributed by atoms with Crippen LogP contribution in [0.1, 0.15) is 31.4 Å². The molecule has 3 aliphatic heterocycles. The van der Waals surface area contributed by atoms with Crippen LogP contribution in [0.5, 0.6) is 0 Å². The van der Waals surface area contributed by atoms with E-state index in [0.29, 0.717) is 18.1 Å². The minimum atomic E-state index is -0.118. The molecule has 25 heavy (non-hydrogen) atoms. The van der Waals surface area contributed by atoms with Gasteiger partial charge in [-0.05, 0) is 29.9 Å². The summed E-state index contributed by atoms with van der Waals surface area (Å²) in [5.74, 6) is 0.682. The molecule has 136 valence electrons. The Bertz CT molecular complexity index is 633. The van der Waals surface area contributed by atoms with Gasteiger partial charge in [-0.3, -0.25) is 9.69 Å². The second-order valence-corrected chi connectivity index (χ2v) is 8.07. The maximum Gasteiger partial charge on any atom is 0.237 e. The highest BCUT2D eigenvalue weighted by Gasteiger charge is 2.39. The Morgan fingerprint density at radius 3 is 2.88 bits per heavy atom. The average molecular weight is 343 g/mol. The molecule has 0 aromatic heterocycles. The maximum absolute atomic E-state index is 12.7. The summed E-state index contributed by atoms with van der Waals surface area (Å²) in [7, 11) is 0. The van der Waals surface area contributed by atoms with Crippen molar-refractivity contribution in [1.29, 1.82) is 0 Å². The molecule has 1 aromatic carbocycles. The standard InChI is InChI=1S/C20H29N3O2/c1-13(2)19-11-23-10-16(8-17(23)12-25-19)22-20(24)18-7-14-5-3-4-6-15(14)9-21-18/h3-6,13,16-19,21H,7-12H2,1-2H3,(H,22,24)/t16-,17-,18+,19+/m0/s1. The number of nitrogens with zero attached hydrogens (tertiary/aromatic N) is 1. The minimum absolute atomic E-state index is 0.118. The largest absolute Gasteiger partial charge is 0.375 e. The lowest BCUT2D eigenvalue weighted by Crippen LogP contribution is -2.51. The Balaban J connectivity index is 1.32. The van der Waals surface area contributed by atoms with E-state index in [1.807, 2.05) is 0 Å². The lowest BCUT2D eigenvalue weighted by Gasteiger charge is -2.36. The third-order valence-electron chi connectivity index (χ3n) is 5.93. The summed E-state index contributed by atoms with van der Waals surface area (Å²) in [6.45, 7) is 7.94. The van der Waals surface area contributed by atoms with Crippen molar-refractivity contribution in [3.8, 4) is 0 Å². The molecule has 0 unspecified atom stereocenters. The van der Waals surface area contributed by atoms with Gasteiger partial charge in [0, 0.05) is 31.7 Å². The van der Waals surface area contributed by atoms with Gasteiger partial charge in [0.05, 0.1) is 18.8 Å². The molecule has 0 bridgehead atoms. The van der Waals surface area contributed by atoms with Crippen molar-refractivity contribution in [3.63, 3.8) is 0 Å². The van der Waals surface area contributed by atoms with Crippen molar-refractivity contribution < 1.29 is 9.53 Å². The van der Waals surface area contributed by atoms with Crippen LogP contribution in [0, 0.1) is 5.92 Å². The number of rotatable bonds is 3. The van der Waals surface area contributed by atoms with Crippen molar-refractivity contribution in [2.75, 3.05) is 19.7 Å². The molecule has 0 aliphatic carbocycles. The summed E-state index contributed by atoms with van der Waals surface area (Å²) in [5.41, 5.74) is 2.60. The van der Waals surface area contributed by atoms with E-state index in [-0.39, 0.29) is 18.0 Å². The summed E-state index contributed by atoms with van der Waals surface area (Å²) < 4.78 is 6.00. The van der Waals surface area contributed by atoms with Crippen LogP contribution in [0.3, 0.4) is 0 Å². The smallest absolute Gasteiger partial charge is 0.237 e. The molecule has 2 N–H and O–H groups in total. The molecule has 3 heterocycles. The van der Waals surface area contributed by atoms with Gasteiger partial charge in [0.1, 0.15) is 0 Å². The molecule has 0 spiro atoms. The predicted molar refractivity (Wildman–Crippen MR) is 97.3 cm³/mol. The average Bonchev–Trinajstić information content (AvgIpc) is 3.02. The van der Waals surface area contributed by atoms with Crippen LogP contribution < -0.4 is 10.6 Å². The second-order valence-electron chi connectivity index (χ2n) is 8.07. The van der Waals surface area contributed by atoms with Crippen LogP contribution in [0.2, 0.25) is 0 Å². The number of carbonyl (C=O) groups excluding carboxylic acids is 1. The Labute approximate surface area is 150 Å². The first-order valence-electron chi connectivity index (χ1n) is 9.56. The number of amides is 1. The van der Waals surface area contributed by atoms with Crippen molar-refractivity contribution in [3.05, 3.63) is 35.4 Å². The first kappa shape index (κ1) is 17.0. The van der Waals surface area contributed by atoms with Crippen LogP contribution in [-0.4, -0.2) is 54.7 Å². The summed E-state index contributed by atoms with van der Waals surface area (Å²) in [5, 5.41) is 6.66. The zero-order valence-electron chi connectivity index (χ0n) is 15.2. The number of nitrogens with one attached hydrogen (secondary N) is 2. The first-order chi connectivity index (χ1) is 12.1. The zero-order chi connectivity index (χ0) is 17.4. The van der Waals surface area contributed by atoms with Crippen LogP contribution in [0.4, 0.5) is 0 Å². The van der Waals surface area contributed by atoms with Crippen LogP contribution in [-0.2, 0) is 22.5 Å². The van der Waals surface area contributed by atoms with Gasteiger partial charge >= 0.3 is 0 Å². The van der Waals surface area contributed by atoms with Crippen LogP contribution in [0.15, 0.2) is 24.3 Å². The van der Waals surface area contributed by atoms with Crippen molar-refractivity contribution in [2.24, 2.45) is 5.92 Å². The first-order valence-corrected chi connectivity index (χ1v) is 9.56. The highest BCUT2D eigenvalue weighted by atomic mass is 16.5. The van der Waals surface area contributed by atoms with E-state index in [1.165, 1.54) is 11.1 Å². The SMILES string of the molecule is CC(C)[C@H]1CN2C[C@@H](NC(=O)[C@H]3Cc4ccccc4CN3)C[C@H]2CO1. The number of hydrogen-bond donors (Lipinski definition) is 2. The number of ether oxygens (including phenoxy) is 1. The predicted octanol–water partition coefficient (Wildman–Crippen LogP) is 1.31. The molecular formula is C20H29N3O2. The number of carbonyl (C=O) groups is 1. The Hall–Kier alpha value is -1.43. The third-order valence-corrected chi connectivity index (χ3v) is 5.93. The molecule has 1 aromatic rings. The van der Waals surface area contributed by atoms with Gasteiger partial charge in [0.2, 0.25) is 5.91 Å². The zero-order valence-corrected chi connectivity index (χ0v) is 15.2. The van der Waals surface area contributed by atoms with Gasteiger partial charge in [-0.1, -0.05) is 38.1 Å². The van der Waals surface area contributed by atoms with E-state index in [9.17, 15) is 4.79 Å². The molecule has 4 atom stereocenters. The summed E-state index contributed by atoms with van der Waals surface area (Å²) in [4.78, 5) is 15.2. The Morgan fingerprint density at radius 2 is 2.08 bits per heavy atom. The topological polar surface area (TPSA) is 53.6 Å². The molecule has 2 saturated heterocycles. The van der Waals surface area contributed by atoms with Gasteiger partial charge in [0.25, 0.3) is 0 Å². The monoisotopic (exact) mass is 343 g/mol. The fraction of sp³-hybridized carbons (Fsp3) is 0.650. The summed E-state index contributed by atoms with van der Waals surface area (Å²) in [6, 6.07) is 8.96. The van der Waals surface area contributed by atoms with E-state index in [1.54, 1.807) is 0 Å². The molecule has 5 heteroatoms. The van der Waals surface area contributed by atoms with E-state index in [2.05, 4.69) is 53.6 Å². The fourth-order valence-electron chi connectivity index (χ4n) is 4.35. The van der Waals surface area contributed by atoms with E-state index < -0.39 is 0 Å². The Morgan fingerprint density at radius 1 is 1.28 bits per heavy atom. The number of morpholine rings is 1. The maximum atomic E-state index is 12.7. The highest BCUT2D eigenvalue weighted by Crippen LogP contribution is 2.26. The van der Waals surface area contributed by atoms with Gasteiger partial charge < -0.3 is 15.4 Å². The second kappa shape index (κ2) is 7.06. The van der Waals surface area contributed by atoms with Gasteiger partial charge in [-0.2, -0.15) is 0 Å². The minimum Gasteiger partial charge on any atom is -0.375 e. The number of fused-ring (bicyclic) bond motifs is 2. The summed E-state index contributed by atoms with van der Waals surface area (Å²) in [6.07, 6.45) is 2.10. The number of benzene rings is 1. The van der Waals surface area contributed by atoms with Crippen LogP contribution >= 0.6 is 0 Å². The van der Waals surface area contributed by atoms with Gasteiger partial charge in [-0.25, -0.2) is 0 Å². The molecule has 5 nitrogen and oxygen atoms in total. The molecule has 2 fully saturated rings. The van der Waals surface area contributed by atoms with Gasteiger partial charge in [-0.15, -0.1) is 0 Å². The molecule has 1 amide bonds. The van der Waals surface area contributed by atoms with E-state index >= 15 is 0 Å². The highest BCUT2D eigenvalue weighted by molar-refractivity contribution is 5.82. The third kappa shape index (κ3) is 3.59. The summed E-state index contributed by atoms with van der Waals surface area (Å²) >= 11 is 0. The van der Waals surface area contributed by atoms with Crippen molar-refractivity contribution in [2.45, 2.75) is 57.5 Å². The fourth-order valence-corrected chi connectivity index (χ4v) is 4.35. The lowest BCUT2D eigenvalue weighted by atomic mass is 9.95. The molecule has 4 rings (SSSR count). The molecule has 3 aliphatic rings. The lowest BCUT2D eigenvalue weighted by molar-refractivity contribution is -0.124. The van der Waals surface area contributed by atoms with Crippen molar-refractivity contribution >= 4 is 5.91 Å². The number of hydrogen-bond acceptors (Lipinski definition) is 4. The molecule has 0 saturated carbocycles. The normalized spacial score (nSPS) is 32.3. The van der Waals surface area contributed by atoms with Gasteiger partial charge in [0.15, 0.2) is 0 Å². The van der Waals surface area contributed by atoms with Crippen molar-refractivity contribution in [1.82, 2.24) is 15.5 Å².